The summed E-state index contributed by atoms with van der Waals surface area (Å²) in [6.45, 7) is 3.01. The van der Waals surface area contributed by atoms with Crippen LogP contribution in [-0.2, 0) is 0 Å². The van der Waals surface area contributed by atoms with Gasteiger partial charge >= 0.3 is 0 Å². The largest absolute Gasteiger partial charge is 0.497 e. The average molecular weight is 379 g/mol. The number of ether oxygens (including phenoxy) is 1. The Morgan fingerprint density at radius 1 is 0.964 bits per heavy atom. The topological polar surface area (TPSA) is 53.5 Å². The van der Waals surface area contributed by atoms with Crippen LogP contribution in [0.1, 0.15) is 0 Å². The molecule has 1 aliphatic heterocycles. The van der Waals surface area contributed by atoms with Crippen LogP contribution >= 0.6 is 0 Å². The summed E-state index contributed by atoms with van der Waals surface area (Å²) >= 11 is 0. The molecule has 1 saturated heterocycles. The number of piperazine rings is 1. The van der Waals surface area contributed by atoms with Crippen LogP contribution in [0.2, 0.25) is 0 Å². The first-order valence-electron chi connectivity index (χ1n) is 9.21. The number of methoxy groups -OCH3 is 1. The minimum atomic E-state index is -0.178. The van der Waals surface area contributed by atoms with Crippen LogP contribution in [0, 0.1) is 5.82 Å². The van der Waals surface area contributed by atoms with Crippen LogP contribution in [0.5, 0.6) is 5.75 Å². The fourth-order valence-corrected chi connectivity index (χ4v) is 3.30. The summed E-state index contributed by atoms with van der Waals surface area (Å²) in [4.78, 5) is 13.2. The number of rotatable bonds is 5. The van der Waals surface area contributed by atoms with Gasteiger partial charge in [0.2, 0.25) is 5.95 Å². The lowest BCUT2D eigenvalue weighted by Crippen LogP contribution is -2.47. The Kier molecular flexibility index (Phi) is 5.23. The van der Waals surface area contributed by atoms with Crippen molar-refractivity contribution in [2.75, 3.05) is 48.4 Å². The average Bonchev–Trinajstić information content (AvgIpc) is 2.75. The molecule has 0 spiro atoms. The van der Waals surface area contributed by atoms with Crippen LogP contribution in [0.3, 0.4) is 0 Å². The van der Waals surface area contributed by atoms with Gasteiger partial charge in [-0.15, -0.1) is 0 Å². The fourth-order valence-electron chi connectivity index (χ4n) is 3.30. The van der Waals surface area contributed by atoms with Gasteiger partial charge in [0.05, 0.1) is 12.8 Å². The van der Waals surface area contributed by atoms with E-state index >= 15 is 0 Å². The van der Waals surface area contributed by atoms with E-state index in [9.17, 15) is 4.39 Å². The molecule has 0 aliphatic carbocycles. The highest BCUT2D eigenvalue weighted by Gasteiger charge is 2.20. The SMILES string of the molecule is COc1cccc(Nc2nccc(N3CCN(c4ccccc4F)CC3)n2)c1. The van der Waals surface area contributed by atoms with E-state index in [-0.39, 0.29) is 5.82 Å². The van der Waals surface area contributed by atoms with Crippen molar-refractivity contribution in [1.82, 2.24) is 9.97 Å². The number of hydrogen-bond acceptors (Lipinski definition) is 6. The van der Waals surface area contributed by atoms with Crippen molar-refractivity contribution in [2.24, 2.45) is 0 Å². The number of halogens is 1. The molecule has 2 aromatic carbocycles. The Labute approximate surface area is 163 Å². The third kappa shape index (κ3) is 3.98. The fraction of sp³-hybridized carbons (Fsp3) is 0.238. The Balaban J connectivity index is 1.43. The van der Waals surface area contributed by atoms with E-state index < -0.39 is 0 Å². The zero-order chi connectivity index (χ0) is 19.3. The van der Waals surface area contributed by atoms with E-state index in [1.54, 1.807) is 19.4 Å². The number of hydrogen-bond donors (Lipinski definition) is 1. The van der Waals surface area contributed by atoms with Crippen molar-refractivity contribution in [3.05, 3.63) is 66.6 Å². The first-order chi connectivity index (χ1) is 13.7. The summed E-state index contributed by atoms with van der Waals surface area (Å²) in [5, 5.41) is 3.21. The summed E-state index contributed by atoms with van der Waals surface area (Å²) in [6, 6.07) is 16.4. The smallest absolute Gasteiger partial charge is 0.229 e. The second kappa shape index (κ2) is 8.12. The molecule has 0 unspecified atom stereocenters. The normalized spacial score (nSPS) is 14.1. The zero-order valence-electron chi connectivity index (χ0n) is 15.7. The minimum Gasteiger partial charge on any atom is -0.497 e. The van der Waals surface area contributed by atoms with Gasteiger partial charge in [0.1, 0.15) is 17.4 Å². The molecule has 4 rings (SSSR count). The van der Waals surface area contributed by atoms with E-state index in [4.69, 9.17) is 4.74 Å². The van der Waals surface area contributed by atoms with E-state index in [0.29, 0.717) is 11.6 Å². The van der Waals surface area contributed by atoms with Crippen LogP contribution in [0.4, 0.5) is 27.5 Å². The van der Waals surface area contributed by atoms with Gasteiger partial charge in [0.15, 0.2) is 0 Å². The molecule has 1 aromatic heterocycles. The van der Waals surface area contributed by atoms with E-state index in [2.05, 4.69) is 25.1 Å². The van der Waals surface area contributed by atoms with E-state index in [1.807, 2.05) is 42.5 Å². The molecule has 3 aromatic rings. The molecule has 7 heteroatoms. The Hall–Kier alpha value is -3.35. The molecule has 0 atom stereocenters. The third-order valence-corrected chi connectivity index (χ3v) is 4.76. The summed E-state index contributed by atoms with van der Waals surface area (Å²) < 4.78 is 19.3. The lowest BCUT2D eigenvalue weighted by molar-refractivity contribution is 0.415. The Morgan fingerprint density at radius 3 is 2.54 bits per heavy atom. The molecule has 144 valence electrons. The lowest BCUT2D eigenvalue weighted by atomic mass is 10.2. The lowest BCUT2D eigenvalue weighted by Gasteiger charge is -2.36. The summed E-state index contributed by atoms with van der Waals surface area (Å²) in [5.74, 6) is 1.98. The van der Waals surface area contributed by atoms with Crippen molar-refractivity contribution in [1.29, 1.82) is 0 Å². The van der Waals surface area contributed by atoms with Gasteiger partial charge < -0.3 is 19.9 Å². The molecule has 6 nitrogen and oxygen atoms in total. The highest BCUT2D eigenvalue weighted by atomic mass is 19.1. The predicted molar refractivity (Wildman–Crippen MR) is 109 cm³/mol. The zero-order valence-corrected chi connectivity index (χ0v) is 15.7. The van der Waals surface area contributed by atoms with Crippen LogP contribution < -0.4 is 19.9 Å². The number of para-hydroxylation sites is 1. The van der Waals surface area contributed by atoms with Gasteiger partial charge in [-0.2, -0.15) is 4.98 Å². The summed E-state index contributed by atoms with van der Waals surface area (Å²) in [7, 11) is 1.64. The quantitative estimate of drug-likeness (QED) is 0.730. The molecule has 28 heavy (non-hydrogen) atoms. The second-order valence-corrected chi connectivity index (χ2v) is 6.52. The van der Waals surface area contributed by atoms with Gasteiger partial charge in [-0.05, 0) is 30.3 Å². The van der Waals surface area contributed by atoms with Crippen LogP contribution in [-0.4, -0.2) is 43.3 Å². The van der Waals surface area contributed by atoms with Crippen molar-refractivity contribution < 1.29 is 9.13 Å². The predicted octanol–water partition coefficient (Wildman–Crippen LogP) is 3.69. The van der Waals surface area contributed by atoms with Crippen molar-refractivity contribution >= 4 is 23.1 Å². The number of aromatic nitrogens is 2. The standard InChI is InChI=1S/C21H22FN5O/c1-28-17-6-4-5-16(15-17)24-21-23-10-9-20(25-21)27-13-11-26(12-14-27)19-8-3-2-7-18(19)22/h2-10,15H,11-14H2,1H3,(H,23,24,25). The Bertz CT molecular complexity index is 943. The molecule has 1 N–H and O–H groups in total. The maximum atomic E-state index is 14.0. The van der Waals surface area contributed by atoms with Crippen molar-refractivity contribution in [3.8, 4) is 5.75 Å². The van der Waals surface area contributed by atoms with Crippen LogP contribution in [0.15, 0.2) is 60.8 Å². The number of nitrogens with one attached hydrogen (secondary N) is 1. The van der Waals surface area contributed by atoms with Gasteiger partial charge in [0, 0.05) is 44.1 Å². The molecule has 0 saturated carbocycles. The highest BCUT2D eigenvalue weighted by molar-refractivity contribution is 5.57. The number of nitrogens with zero attached hydrogens (tertiary/aromatic N) is 4. The molecule has 0 amide bonds. The Morgan fingerprint density at radius 2 is 1.75 bits per heavy atom. The van der Waals surface area contributed by atoms with E-state index in [0.717, 1.165) is 43.4 Å². The maximum absolute atomic E-state index is 14.0. The first-order valence-corrected chi connectivity index (χ1v) is 9.21. The van der Waals surface area contributed by atoms with Gasteiger partial charge in [0.25, 0.3) is 0 Å². The molecule has 2 heterocycles. The monoisotopic (exact) mass is 379 g/mol. The molecular weight excluding hydrogens is 357 g/mol. The number of anilines is 4. The first kappa shape index (κ1) is 18.0. The minimum absolute atomic E-state index is 0.178. The number of benzene rings is 2. The maximum Gasteiger partial charge on any atom is 0.229 e. The highest BCUT2D eigenvalue weighted by Crippen LogP contribution is 2.23. The molecule has 0 bridgehead atoms. The van der Waals surface area contributed by atoms with Crippen molar-refractivity contribution in [3.63, 3.8) is 0 Å². The van der Waals surface area contributed by atoms with Crippen LogP contribution in [0.25, 0.3) is 0 Å². The molecule has 1 aliphatic rings. The molecular formula is C21H22FN5O. The molecule has 0 radical (unpaired) electrons. The third-order valence-electron chi connectivity index (χ3n) is 4.76. The van der Waals surface area contributed by atoms with E-state index in [1.165, 1.54) is 6.07 Å². The molecule has 1 fully saturated rings. The summed E-state index contributed by atoms with van der Waals surface area (Å²) in [5.41, 5.74) is 1.52. The van der Waals surface area contributed by atoms with Crippen molar-refractivity contribution in [2.45, 2.75) is 0 Å². The van der Waals surface area contributed by atoms with Gasteiger partial charge in [-0.3, -0.25) is 0 Å². The van der Waals surface area contributed by atoms with Gasteiger partial charge in [-0.25, -0.2) is 9.37 Å². The second-order valence-electron chi connectivity index (χ2n) is 6.52. The summed E-state index contributed by atoms with van der Waals surface area (Å²) in [6.07, 6.45) is 1.74. The van der Waals surface area contributed by atoms with Gasteiger partial charge in [-0.1, -0.05) is 18.2 Å².